The van der Waals surface area contributed by atoms with Crippen molar-refractivity contribution in [3.05, 3.63) is 23.2 Å². The molecule has 0 bridgehead atoms. The van der Waals surface area contributed by atoms with Crippen LogP contribution in [0.4, 0.5) is 5.69 Å². The molecule has 1 aromatic carbocycles. The molecule has 116 valence electrons. The van der Waals surface area contributed by atoms with Crippen LogP contribution in [-0.2, 0) is 14.8 Å². The molecule has 1 unspecified atom stereocenters. The summed E-state index contributed by atoms with van der Waals surface area (Å²) in [6.45, 7) is 0.289. The van der Waals surface area contributed by atoms with Crippen LogP contribution in [0.15, 0.2) is 23.1 Å². The molecule has 0 aliphatic carbocycles. The predicted molar refractivity (Wildman–Crippen MR) is 81.5 cm³/mol. The summed E-state index contributed by atoms with van der Waals surface area (Å²) in [7, 11) is -0.686. The molecule has 2 N–H and O–H groups in total. The van der Waals surface area contributed by atoms with Crippen molar-refractivity contribution in [3.8, 4) is 0 Å². The minimum absolute atomic E-state index is 0.0675. The van der Waals surface area contributed by atoms with Gasteiger partial charge in [0.05, 0.1) is 10.7 Å². The Morgan fingerprint density at radius 1 is 1.43 bits per heavy atom. The van der Waals surface area contributed by atoms with Gasteiger partial charge in [0.15, 0.2) is 0 Å². The Hall–Kier alpha value is -1.31. The van der Waals surface area contributed by atoms with Gasteiger partial charge in [0, 0.05) is 20.6 Å². The van der Waals surface area contributed by atoms with Crippen LogP contribution in [0.3, 0.4) is 0 Å². The molecule has 2 rings (SSSR count). The van der Waals surface area contributed by atoms with E-state index in [0.717, 1.165) is 0 Å². The molecule has 1 heterocycles. The van der Waals surface area contributed by atoms with Gasteiger partial charge in [-0.3, -0.25) is 4.79 Å². The molecule has 0 aromatic heterocycles. The fourth-order valence-corrected chi connectivity index (χ4v) is 4.78. The number of nitrogens with zero attached hydrogens (tertiary/aromatic N) is 2. The lowest BCUT2D eigenvalue weighted by molar-refractivity contribution is -0.132. The molecule has 1 aliphatic heterocycles. The smallest absolute Gasteiger partial charge is 0.247 e. The van der Waals surface area contributed by atoms with Gasteiger partial charge in [0.25, 0.3) is 0 Å². The van der Waals surface area contributed by atoms with Gasteiger partial charge in [-0.15, -0.1) is 0 Å². The largest absolute Gasteiger partial charge is 0.398 e. The van der Waals surface area contributed by atoms with Crippen molar-refractivity contribution >= 4 is 33.2 Å². The molecular weight excluding hydrogens is 314 g/mol. The van der Waals surface area contributed by atoms with Gasteiger partial charge in [-0.2, -0.15) is 4.31 Å². The van der Waals surface area contributed by atoms with E-state index in [4.69, 9.17) is 17.3 Å². The van der Waals surface area contributed by atoms with Crippen LogP contribution in [0.25, 0.3) is 0 Å². The molecule has 1 saturated heterocycles. The van der Waals surface area contributed by atoms with Crippen molar-refractivity contribution in [2.75, 3.05) is 26.4 Å². The number of nitrogen functional groups attached to an aromatic ring is 1. The number of sulfonamides is 1. The third kappa shape index (κ3) is 2.86. The average molecular weight is 332 g/mol. The van der Waals surface area contributed by atoms with Gasteiger partial charge >= 0.3 is 0 Å². The minimum atomic E-state index is -3.90. The topological polar surface area (TPSA) is 83.7 Å². The first kappa shape index (κ1) is 16.1. The molecule has 0 radical (unpaired) electrons. The molecule has 1 atom stereocenters. The van der Waals surface area contributed by atoms with Crippen LogP contribution in [0, 0.1) is 0 Å². The summed E-state index contributed by atoms with van der Waals surface area (Å²) in [5.41, 5.74) is 5.86. The number of benzene rings is 1. The summed E-state index contributed by atoms with van der Waals surface area (Å²) in [5.74, 6) is -0.235. The summed E-state index contributed by atoms with van der Waals surface area (Å²) in [4.78, 5) is 13.4. The Kier molecular flexibility index (Phi) is 4.46. The fourth-order valence-electron chi connectivity index (χ4n) is 2.49. The van der Waals surface area contributed by atoms with Crippen LogP contribution >= 0.6 is 11.6 Å². The Balaban J connectivity index is 2.46. The minimum Gasteiger partial charge on any atom is -0.398 e. The molecule has 21 heavy (non-hydrogen) atoms. The number of nitrogens with two attached hydrogens (primary N) is 1. The highest BCUT2D eigenvalue weighted by Crippen LogP contribution is 2.34. The Bertz CT molecular complexity index is 640. The maximum Gasteiger partial charge on any atom is 0.247 e. The van der Waals surface area contributed by atoms with Crippen molar-refractivity contribution in [2.45, 2.75) is 23.8 Å². The van der Waals surface area contributed by atoms with Crippen LogP contribution in [0.2, 0.25) is 5.02 Å². The summed E-state index contributed by atoms with van der Waals surface area (Å²) in [6, 6.07) is 3.85. The zero-order valence-electron chi connectivity index (χ0n) is 11.9. The SMILES string of the molecule is CN(C)C(=O)C1CCCN1S(=O)(=O)c1c(N)cccc1Cl. The molecule has 1 aromatic rings. The quantitative estimate of drug-likeness (QED) is 0.842. The molecular formula is C13H18ClN3O3S. The van der Waals surface area contributed by atoms with E-state index in [2.05, 4.69) is 0 Å². The Morgan fingerprint density at radius 2 is 2.10 bits per heavy atom. The van der Waals surface area contributed by atoms with Gasteiger partial charge in [-0.1, -0.05) is 17.7 Å². The summed E-state index contributed by atoms with van der Waals surface area (Å²) in [5, 5.41) is 0.0675. The second-order valence-corrected chi connectivity index (χ2v) is 7.40. The summed E-state index contributed by atoms with van der Waals surface area (Å²) in [6.07, 6.45) is 1.13. The van der Waals surface area contributed by atoms with E-state index in [9.17, 15) is 13.2 Å². The number of halogens is 1. The molecule has 1 aliphatic rings. The zero-order valence-corrected chi connectivity index (χ0v) is 13.5. The first-order valence-electron chi connectivity index (χ1n) is 6.54. The lowest BCUT2D eigenvalue weighted by Crippen LogP contribution is -2.45. The molecule has 8 heteroatoms. The second-order valence-electron chi connectivity index (χ2n) is 5.16. The number of rotatable bonds is 3. The lowest BCUT2D eigenvalue weighted by Gasteiger charge is -2.26. The van der Waals surface area contributed by atoms with Gasteiger partial charge in [0.2, 0.25) is 15.9 Å². The van der Waals surface area contributed by atoms with Crippen molar-refractivity contribution in [2.24, 2.45) is 0 Å². The van der Waals surface area contributed by atoms with Crippen molar-refractivity contribution in [1.29, 1.82) is 0 Å². The van der Waals surface area contributed by atoms with E-state index in [-0.39, 0.29) is 28.1 Å². The highest BCUT2D eigenvalue weighted by atomic mass is 35.5. The molecule has 1 amide bonds. The second kappa shape index (κ2) is 5.82. The number of hydrogen-bond donors (Lipinski definition) is 1. The molecule has 6 nitrogen and oxygen atoms in total. The van der Waals surface area contributed by atoms with E-state index in [0.29, 0.717) is 12.8 Å². The molecule has 1 fully saturated rings. The average Bonchev–Trinajstić information content (AvgIpc) is 2.86. The number of amides is 1. The number of likely N-dealkylation sites (N-methyl/N-ethyl adjacent to an activating group) is 1. The van der Waals surface area contributed by atoms with E-state index in [1.165, 1.54) is 21.3 Å². The lowest BCUT2D eigenvalue weighted by atomic mass is 10.2. The van der Waals surface area contributed by atoms with E-state index in [1.807, 2.05) is 0 Å². The van der Waals surface area contributed by atoms with Gasteiger partial charge < -0.3 is 10.6 Å². The third-order valence-electron chi connectivity index (χ3n) is 3.49. The summed E-state index contributed by atoms with van der Waals surface area (Å²) < 4.78 is 26.8. The Morgan fingerprint density at radius 3 is 2.67 bits per heavy atom. The highest BCUT2D eigenvalue weighted by molar-refractivity contribution is 7.89. The van der Waals surface area contributed by atoms with Crippen LogP contribution in [0.1, 0.15) is 12.8 Å². The van der Waals surface area contributed by atoms with Gasteiger partial charge in [-0.05, 0) is 25.0 Å². The number of anilines is 1. The van der Waals surface area contributed by atoms with E-state index >= 15 is 0 Å². The van der Waals surface area contributed by atoms with Gasteiger partial charge in [-0.25, -0.2) is 8.42 Å². The fraction of sp³-hybridized carbons (Fsp3) is 0.462. The number of carbonyl (C=O) groups is 1. The summed E-state index contributed by atoms with van der Waals surface area (Å²) >= 11 is 6.00. The normalized spacial score (nSPS) is 19.7. The first-order chi connectivity index (χ1) is 9.76. The maximum atomic E-state index is 12.8. The monoisotopic (exact) mass is 331 g/mol. The zero-order chi connectivity index (χ0) is 15.8. The van der Waals surface area contributed by atoms with E-state index < -0.39 is 16.1 Å². The van der Waals surface area contributed by atoms with Crippen molar-refractivity contribution in [1.82, 2.24) is 9.21 Å². The van der Waals surface area contributed by atoms with Crippen LogP contribution < -0.4 is 5.73 Å². The van der Waals surface area contributed by atoms with Gasteiger partial charge in [0.1, 0.15) is 10.9 Å². The van der Waals surface area contributed by atoms with Crippen LogP contribution in [-0.4, -0.2) is 50.2 Å². The predicted octanol–water partition coefficient (Wildman–Crippen LogP) is 1.16. The van der Waals surface area contributed by atoms with Crippen molar-refractivity contribution in [3.63, 3.8) is 0 Å². The molecule has 0 spiro atoms. The number of carbonyl (C=O) groups excluding carboxylic acids is 1. The maximum absolute atomic E-state index is 12.8. The Labute approximate surface area is 129 Å². The third-order valence-corrected chi connectivity index (χ3v) is 5.95. The van der Waals surface area contributed by atoms with Crippen LogP contribution in [0.5, 0.6) is 0 Å². The first-order valence-corrected chi connectivity index (χ1v) is 8.35. The molecule has 0 saturated carbocycles. The van der Waals surface area contributed by atoms with E-state index in [1.54, 1.807) is 20.2 Å². The number of hydrogen-bond acceptors (Lipinski definition) is 4. The highest BCUT2D eigenvalue weighted by Gasteiger charge is 2.41. The van der Waals surface area contributed by atoms with Crippen molar-refractivity contribution < 1.29 is 13.2 Å². The standard InChI is InChI=1S/C13H18ClN3O3S/c1-16(2)13(18)11-7-4-8-17(11)21(19,20)12-9(14)5-3-6-10(12)15/h3,5-6,11H,4,7-8,15H2,1-2H3.